The third kappa shape index (κ3) is 3.77. The average molecular weight is 379 g/mol. The second kappa shape index (κ2) is 7.58. The molecule has 6 heteroatoms. The van der Waals surface area contributed by atoms with Crippen LogP contribution in [-0.4, -0.2) is 22.5 Å². The van der Waals surface area contributed by atoms with Crippen LogP contribution in [0.4, 0.5) is 0 Å². The van der Waals surface area contributed by atoms with Gasteiger partial charge in [0.1, 0.15) is 6.61 Å². The maximum Gasteiger partial charge on any atom is 0.338 e. The molecule has 1 aliphatic heterocycles. The Kier molecular flexibility index (Phi) is 5.01. The first-order valence-corrected chi connectivity index (χ1v) is 9.80. The standard InChI is InChI=1S/C21H21N3O2S/c1-13-16(4-5-17-18(13)12-26-21(17)25)7-8-22-9-15-3-6-19(24-10-15)20-11-23-14(2)27-20/h3-6,10-11,22H,7-9,12H2,1-2H3. The number of rotatable bonds is 6. The van der Waals surface area contributed by atoms with Crippen molar-refractivity contribution in [3.05, 3.63) is 69.5 Å². The van der Waals surface area contributed by atoms with Gasteiger partial charge in [-0.1, -0.05) is 12.1 Å². The predicted octanol–water partition coefficient (Wildman–Crippen LogP) is 3.82. The van der Waals surface area contributed by atoms with E-state index < -0.39 is 0 Å². The van der Waals surface area contributed by atoms with Crippen LogP contribution in [0.2, 0.25) is 0 Å². The van der Waals surface area contributed by atoms with Crippen molar-refractivity contribution in [2.24, 2.45) is 0 Å². The Morgan fingerprint density at radius 3 is 2.78 bits per heavy atom. The summed E-state index contributed by atoms with van der Waals surface area (Å²) in [5.74, 6) is -0.206. The van der Waals surface area contributed by atoms with E-state index in [1.807, 2.05) is 37.5 Å². The molecule has 0 atom stereocenters. The first-order chi connectivity index (χ1) is 13.1. The van der Waals surface area contributed by atoms with E-state index in [-0.39, 0.29) is 5.97 Å². The van der Waals surface area contributed by atoms with Gasteiger partial charge in [0, 0.05) is 24.5 Å². The number of hydrogen-bond acceptors (Lipinski definition) is 6. The number of hydrogen-bond donors (Lipinski definition) is 1. The third-order valence-corrected chi connectivity index (χ3v) is 5.81. The van der Waals surface area contributed by atoms with E-state index in [9.17, 15) is 4.79 Å². The van der Waals surface area contributed by atoms with E-state index in [0.717, 1.165) is 46.2 Å². The van der Waals surface area contributed by atoms with Crippen molar-refractivity contribution in [2.75, 3.05) is 6.54 Å². The van der Waals surface area contributed by atoms with E-state index in [1.54, 1.807) is 11.3 Å². The minimum Gasteiger partial charge on any atom is -0.457 e. The second-order valence-electron chi connectivity index (χ2n) is 6.67. The number of benzene rings is 1. The van der Waals surface area contributed by atoms with Gasteiger partial charge >= 0.3 is 5.97 Å². The van der Waals surface area contributed by atoms with Crippen molar-refractivity contribution in [2.45, 2.75) is 33.4 Å². The molecule has 27 heavy (non-hydrogen) atoms. The van der Waals surface area contributed by atoms with Gasteiger partial charge in [0.2, 0.25) is 0 Å². The maximum atomic E-state index is 11.6. The van der Waals surface area contributed by atoms with Crippen LogP contribution in [0, 0.1) is 13.8 Å². The average Bonchev–Trinajstić information content (AvgIpc) is 3.27. The van der Waals surface area contributed by atoms with Crippen molar-refractivity contribution in [3.8, 4) is 10.6 Å². The van der Waals surface area contributed by atoms with Gasteiger partial charge in [-0.3, -0.25) is 4.98 Å². The number of cyclic esters (lactones) is 1. The summed E-state index contributed by atoms with van der Waals surface area (Å²) >= 11 is 1.66. The number of ether oxygens (including phenoxy) is 1. The highest BCUT2D eigenvalue weighted by Gasteiger charge is 2.23. The molecule has 5 nitrogen and oxygen atoms in total. The first-order valence-electron chi connectivity index (χ1n) is 8.99. The number of aryl methyl sites for hydroxylation is 1. The number of nitrogens with zero attached hydrogens (tertiary/aromatic N) is 2. The van der Waals surface area contributed by atoms with Gasteiger partial charge < -0.3 is 10.1 Å². The Morgan fingerprint density at radius 1 is 1.15 bits per heavy atom. The SMILES string of the molecule is Cc1ncc(-c2ccc(CNCCc3ccc4c(c3C)COC4=O)cn2)s1. The number of nitrogens with one attached hydrogen (secondary N) is 1. The Bertz CT molecular complexity index is 980. The molecule has 2 aromatic heterocycles. The summed E-state index contributed by atoms with van der Waals surface area (Å²) in [7, 11) is 0. The number of pyridine rings is 1. The molecule has 0 aliphatic carbocycles. The number of fused-ring (bicyclic) bond motifs is 1. The lowest BCUT2D eigenvalue weighted by atomic mass is 9.97. The summed E-state index contributed by atoms with van der Waals surface area (Å²) in [6.07, 6.45) is 4.71. The van der Waals surface area contributed by atoms with Crippen LogP contribution in [0.3, 0.4) is 0 Å². The topological polar surface area (TPSA) is 64.1 Å². The predicted molar refractivity (Wildman–Crippen MR) is 106 cm³/mol. The van der Waals surface area contributed by atoms with Gasteiger partial charge in [0.25, 0.3) is 0 Å². The summed E-state index contributed by atoms with van der Waals surface area (Å²) in [4.78, 5) is 21.5. The lowest BCUT2D eigenvalue weighted by molar-refractivity contribution is 0.0535. The van der Waals surface area contributed by atoms with Gasteiger partial charge in [-0.2, -0.15) is 0 Å². The molecular weight excluding hydrogens is 358 g/mol. The molecule has 0 spiro atoms. The fraction of sp³-hybridized carbons (Fsp3) is 0.286. The molecule has 1 aromatic carbocycles. The monoisotopic (exact) mass is 379 g/mol. The molecule has 0 bridgehead atoms. The largest absolute Gasteiger partial charge is 0.457 e. The molecule has 1 aliphatic rings. The second-order valence-corrected chi connectivity index (χ2v) is 7.91. The van der Waals surface area contributed by atoms with Crippen LogP contribution in [0.25, 0.3) is 10.6 Å². The fourth-order valence-electron chi connectivity index (χ4n) is 3.28. The van der Waals surface area contributed by atoms with E-state index >= 15 is 0 Å². The molecule has 0 unspecified atom stereocenters. The molecule has 0 fully saturated rings. The zero-order valence-electron chi connectivity index (χ0n) is 15.4. The Morgan fingerprint density at radius 2 is 2.04 bits per heavy atom. The first kappa shape index (κ1) is 17.8. The summed E-state index contributed by atoms with van der Waals surface area (Å²) in [5, 5.41) is 4.52. The molecule has 0 radical (unpaired) electrons. The normalized spacial score (nSPS) is 12.9. The smallest absolute Gasteiger partial charge is 0.338 e. The fourth-order valence-corrected chi connectivity index (χ4v) is 4.03. The van der Waals surface area contributed by atoms with Crippen LogP contribution in [0.15, 0.2) is 36.7 Å². The number of carbonyl (C=O) groups is 1. The van der Waals surface area contributed by atoms with Crippen LogP contribution >= 0.6 is 11.3 Å². The van der Waals surface area contributed by atoms with Crippen molar-refractivity contribution in [3.63, 3.8) is 0 Å². The highest BCUT2D eigenvalue weighted by molar-refractivity contribution is 7.15. The van der Waals surface area contributed by atoms with Crippen LogP contribution in [0.5, 0.6) is 0 Å². The van der Waals surface area contributed by atoms with E-state index in [0.29, 0.717) is 12.2 Å². The molecule has 4 rings (SSSR count). The minimum absolute atomic E-state index is 0.206. The number of aromatic nitrogens is 2. The highest BCUT2D eigenvalue weighted by atomic mass is 32.1. The lowest BCUT2D eigenvalue weighted by Crippen LogP contribution is -2.17. The zero-order valence-corrected chi connectivity index (χ0v) is 16.2. The zero-order chi connectivity index (χ0) is 18.8. The highest BCUT2D eigenvalue weighted by Crippen LogP contribution is 2.26. The molecular formula is C21H21N3O2S. The Hall–Kier alpha value is -2.57. The number of carbonyl (C=O) groups excluding carboxylic acids is 1. The summed E-state index contributed by atoms with van der Waals surface area (Å²) in [6.45, 7) is 6.11. The van der Waals surface area contributed by atoms with Crippen molar-refractivity contribution in [1.82, 2.24) is 15.3 Å². The van der Waals surface area contributed by atoms with Crippen LogP contribution in [-0.2, 0) is 24.3 Å². The van der Waals surface area contributed by atoms with E-state index in [1.165, 1.54) is 11.1 Å². The summed E-state index contributed by atoms with van der Waals surface area (Å²) in [5.41, 5.74) is 6.31. The van der Waals surface area contributed by atoms with Crippen LogP contribution in [0.1, 0.15) is 37.6 Å². The minimum atomic E-state index is -0.206. The van der Waals surface area contributed by atoms with Crippen molar-refractivity contribution < 1.29 is 9.53 Å². The summed E-state index contributed by atoms with van der Waals surface area (Å²) in [6, 6.07) is 8.08. The Balaban J connectivity index is 1.31. The van der Waals surface area contributed by atoms with Gasteiger partial charge in [0.05, 0.1) is 21.1 Å². The molecule has 3 aromatic rings. The van der Waals surface area contributed by atoms with Gasteiger partial charge in [-0.25, -0.2) is 9.78 Å². The van der Waals surface area contributed by atoms with Crippen molar-refractivity contribution >= 4 is 17.3 Å². The number of esters is 1. The molecule has 138 valence electrons. The number of thiazole rings is 1. The molecule has 0 saturated heterocycles. The van der Waals surface area contributed by atoms with Crippen molar-refractivity contribution in [1.29, 1.82) is 0 Å². The quantitative estimate of drug-likeness (QED) is 0.521. The van der Waals surface area contributed by atoms with Crippen LogP contribution < -0.4 is 5.32 Å². The third-order valence-electron chi connectivity index (χ3n) is 4.88. The Labute approximate surface area is 162 Å². The molecule has 0 amide bonds. The maximum absolute atomic E-state index is 11.6. The molecule has 1 N–H and O–H groups in total. The molecule has 0 saturated carbocycles. The van der Waals surface area contributed by atoms with E-state index in [4.69, 9.17) is 4.74 Å². The van der Waals surface area contributed by atoms with Gasteiger partial charge in [0.15, 0.2) is 0 Å². The lowest BCUT2D eigenvalue weighted by Gasteiger charge is -2.10. The summed E-state index contributed by atoms with van der Waals surface area (Å²) < 4.78 is 5.12. The molecule has 3 heterocycles. The van der Waals surface area contributed by atoms with Gasteiger partial charge in [-0.15, -0.1) is 11.3 Å². The van der Waals surface area contributed by atoms with E-state index in [2.05, 4.69) is 28.3 Å². The van der Waals surface area contributed by atoms with Gasteiger partial charge in [-0.05, 0) is 55.6 Å².